The van der Waals surface area contributed by atoms with E-state index in [-0.39, 0.29) is 18.2 Å². The summed E-state index contributed by atoms with van der Waals surface area (Å²) < 4.78 is 0. The summed E-state index contributed by atoms with van der Waals surface area (Å²) in [5, 5.41) is 3.14. The van der Waals surface area contributed by atoms with Crippen LogP contribution in [0.5, 0.6) is 0 Å². The summed E-state index contributed by atoms with van der Waals surface area (Å²) >= 11 is 1.38. The summed E-state index contributed by atoms with van der Waals surface area (Å²) in [4.78, 5) is 32.1. The molecule has 0 aliphatic carbocycles. The number of aryl methyl sites for hydroxylation is 2. The van der Waals surface area contributed by atoms with E-state index in [1.54, 1.807) is 4.90 Å². The second-order valence-corrected chi connectivity index (χ2v) is 8.87. The van der Waals surface area contributed by atoms with Crippen LogP contribution in [0.4, 0.5) is 11.4 Å². The van der Waals surface area contributed by atoms with Crippen molar-refractivity contribution in [2.75, 3.05) is 11.9 Å². The Balaban J connectivity index is 1.78. The average Bonchev–Trinajstić information content (AvgIpc) is 2.94. The topological polar surface area (TPSA) is 61.8 Å². The van der Waals surface area contributed by atoms with E-state index in [4.69, 9.17) is 4.99 Å². The van der Waals surface area contributed by atoms with Gasteiger partial charge in [-0.2, -0.15) is 0 Å². The van der Waals surface area contributed by atoms with Crippen LogP contribution in [-0.2, 0) is 9.59 Å². The van der Waals surface area contributed by atoms with Crippen molar-refractivity contribution in [1.82, 2.24) is 4.90 Å². The average molecular weight is 410 g/mol. The summed E-state index contributed by atoms with van der Waals surface area (Å²) in [5.74, 6) is 0.101. The van der Waals surface area contributed by atoms with Gasteiger partial charge in [-0.05, 0) is 43.0 Å². The van der Waals surface area contributed by atoms with Crippen LogP contribution >= 0.6 is 11.8 Å². The SMILES string of the molecule is Cc1ccccc1N=C1S[C@H](CC(=O)Nc2ccccc2C)C(=O)N1CC(C)C. The van der Waals surface area contributed by atoms with Crippen molar-refractivity contribution in [2.45, 2.75) is 39.4 Å². The minimum atomic E-state index is -0.458. The molecule has 0 spiro atoms. The first-order chi connectivity index (χ1) is 13.8. The van der Waals surface area contributed by atoms with Gasteiger partial charge in [0.2, 0.25) is 11.8 Å². The van der Waals surface area contributed by atoms with Crippen LogP contribution in [0.1, 0.15) is 31.4 Å². The molecule has 5 nitrogen and oxygen atoms in total. The molecule has 29 heavy (non-hydrogen) atoms. The molecule has 2 amide bonds. The number of para-hydroxylation sites is 2. The van der Waals surface area contributed by atoms with Crippen LogP contribution in [0.3, 0.4) is 0 Å². The number of thioether (sulfide) groups is 1. The Bertz CT molecular complexity index is 939. The van der Waals surface area contributed by atoms with E-state index in [1.165, 1.54) is 11.8 Å². The number of nitrogens with one attached hydrogen (secondary N) is 1. The van der Waals surface area contributed by atoms with Gasteiger partial charge in [-0.1, -0.05) is 62.0 Å². The molecule has 2 aromatic rings. The zero-order valence-electron chi connectivity index (χ0n) is 17.3. The van der Waals surface area contributed by atoms with Crippen molar-refractivity contribution in [3.8, 4) is 0 Å². The molecule has 2 aromatic carbocycles. The first kappa shape index (κ1) is 21.1. The lowest BCUT2D eigenvalue weighted by Gasteiger charge is -2.19. The smallest absolute Gasteiger partial charge is 0.242 e. The van der Waals surface area contributed by atoms with Gasteiger partial charge in [0.15, 0.2) is 5.17 Å². The molecular formula is C23H27N3O2S. The van der Waals surface area contributed by atoms with E-state index >= 15 is 0 Å². The number of anilines is 1. The normalized spacial score (nSPS) is 18.0. The summed E-state index contributed by atoms with van der Waals surface area (Å²) in [6.45, 7) is 8.68. The van der Waals surface area contributed by atoms with Gasteiger partial charge in [0.1, 0.15) is 5.25 Å². The van der Waals surface area contributed by atoms with E-state index in [1.807, 2.05) is 62.4 Å². The second kappa shape index (κ2) is 9.27. The molecule has 0 aromatic heterocycles. The molecule has 152 valence electrons. The van der Waals surface area contributed by atoms with Crippen LogP contribution in [0, 0.1) is 19.8 Å². The Kier molecular flexibility index (Phi) is 6.75. The number of amides is 2. The highest BCUT2D eigenvalue weighted by Crippen LogP contribution is 2.33. The van der Waals surface area contributed by atoms with Gasteiger partial charge in [0, 0.05) is 18.7 Å². The van der Waals surface area contributed by atoms with Gasteiger partial charge >= 0.3 is 0 Å². The third kappa shape index (κ3) is 5.26. The van der Waals surface area contributed by atoms with Crippen molar-refractivity contribution >= 4 is 40.1 Å². The highest BCUT2D eigenvalue weighted by molar-refractivity contribution is 8.15. The zero-order valence-corrected chi connectivity index (χ0v) is 18.1. The van der Waals surface area contributed by atoms with E-state index in [2.05, 4.69) is 19.2 Å². The van der Waals surface area contributed by atoms with Gasteiger partial charge in [0.05, 0.1) is 5.69 Å². The second-order valence-electron chi connectivity index (χ2n) is 7.70. The minimum Gasteiger partial charge on any atom is -0.326 e. The van der Waals surface area contributed by atoms with Gasteiger partial charge in [-0.15, -0.1) is 0 Å². The molecule has 0 radical (unpaired) electrons. The van der Waals surface area contributed by atoms with Gasteiger partial charge in [0.25, 0.3) is 0 Å². The number of aliphatic imine (C=N–C) groups is 1. The van der Waals surface area contributed by atoms with Crippen LogP contribution in [0.25, 0.3) is 0 Å². The van der Waals surface area contributed by atoms with Gasteiger partial charge in [-0.3, -0.25) is 14.5 Å². The van der Waals surface area contributed by atoms with Crippen LogP contribution in [0.15, 0.2) is 53.5 Å². The fraction of sp³-hybridized carbons (Fsp3) is 0.348. The number of carbonyl (C=O) groups excluding carboxylic acids is 2. The van der Waals surface area contributed by atoms with E-state index in [0.29, 0.717) is 17.6 Å². The molecule has 1 fully saturated rings. The molecule has 3 rings (SSSR count). The largest absolute Gasteiger partial charge is 0.326 e. The lowest BCUT2D eigenvalue weighted by atomic mass is 10.1. The van der Waals surface area contributed by atoms with Crippen LogP contribution in [-0.4, -0.2) is 33.7 Å². The Hall–Kier alpha value is -2.60. The predicted octanol–water partition coefficient (Wildman–Crippen LogP) is 4.92. The van der Waals surface area contributed by atoms with E-state index in [0.717, 1.165) is 22.5 Å². The standard InChI is InChI=1S/C23H27N3O2S/c1-15(2)14-26-22(28)20(13-21(27)24-18-11-7-5-9-16(18)3)29-23(26)25-19-12-8-6-10-17(19)4/h5-12,15,20H,13-14H2,1-4H3,(H,24,27)/t20-/m1/s1. The first-order valence-corrected chi connectivity index (χ1v) is 10.7. The Morgan fingerprint density at radius 3 is 2.41 bits per heavy atom. The maximum Gasteiger partial charge on any atom is 0.242 e. The number of amidine groups is 1. The predicted molar refractivity (Wildman–Crippen MR) is 121 cm³/mol. The molecule has 1 N–H and O–H groups in total. The van der Waals surface area contributed by atoms with Crippen molar-refractivity contribution < 1.29 is 9.59 Å². The monoisotopic (exact) mass is 409 g/mol. The quantitative estimate of drug-likeness (QED) is 0.737. The number of rotatable bonds is 6. The van der Waals surface area contributed by atoms with Crippen molar-refractivity contribution in [3.05, 3.63) is 59.7 Å². The highest BCUT2D eigenvalue weighted by atomic mass is 32.2. The molecule has 1 atom stereocenters. The molecular weight excluding hydrogens is 382 g/mol. The van der Waals surface area contributed by atoms with Gasteiger partial charge in [-0.25, -0.2) is 4.99 Å². The molecule has 1 saturated heterocycles. The van der Waals surface area contributed by atoms with Crippen LogP contribution < -0.4 is 5.32 Å². The Morgan fingerprint density at radius 1 is 1.10 bits per heavy atom. The number of benzene rings is 2. The maximum absolute atomic E-state index is 13.0. The molecule has 0 saturated carbocycles. The lowest BCUT2D eigenvalue weighted by molar-refractivity contribution is -0.128. The van der Waals surface area contributed by atoms with Crippen LogP contribution in [0.2, 0.25) is 0 Å². The summed E-state index contributed by atoms with van der Waals surface area (Å²) in [6.07, 6.45) is 0.124. The molecule has 1 aliphatic rings. The third-order valence-corrected chi connectivity index (χ3v) is 5.86. The third-order valence-electron chi connectivity index (χ3n) is 4.69. The molecule has 1 aliphatic heterocycles. The fourth-order valence-corrected chi connectivity index (χ4v) is 4.29. The van der Waals surface area contributed by atoms with E-state index in [9.17, 15) is 9.59 Å². The molecule has 0 bridgehead atoms. The first-order valence-electron chi connectivity index (χ1n) is 9.83. The van der Waals surface area contributed by atoms with Crippen molar-refractivity contribution in [2.24, 2.45) is 10.9 Å². The number of nitrogens with zero attached hydrogens (tertiary/aromatic N) is 2. The number of hydrogen-bond acceptors (Lipinski definition) is 4. The van der Waals surface area contributed by atoms with E-state index < -0.39 is 5.25 Å². The van der Waals surface area contributed by atoms with Gasteiger partial charge < -0.3 is 5.32 Å². The van der Waals surface area contributed by atoms with Crippen molar-refractivity contribution in [1.29, 1.82) is 0 Å². The Morgan fingerprint density at radius 2 is 1.76 bits per heavy atom. The number of hydrogen-bond donors (Lipinski definition) is 1. The Labute approximate surface area is 176 Å². The summed E-state index contributed by atoms with van der Waals surface area (Å²) in [7, 11) is 0. The highest BCUT2D eigenvalue weighted by Gasteiger charge is 2.39. The summed E-state index contributed by atoms with van der Waals surface area (Å²) in [6, 6.07) is 15.5. The lowest BCUT2D eigenvalue weighted by Crippen LogP contribution is -2.36. The number of carbonyl (C=O) groups is 2. The molecule has 1 heterocycles. The molecule has 0 unspecified atom stereocenters. The zero-order chi connectivity index (χ0) is 21.0. The minimum absolute atomic E-state index is 0.0454. The van der Waals surface area contributed by atoms with Crippen molar-refractivity contribution in [3.63, 3.8) is 0 Å². The fourth-order valence-electron chi connectivity index (χ4n) is 3.13. The molecule has 6 heteroatoms. The summed E-state index contributed by atoms with van der Waals surface area (Å²) in [5.41, 5.74) is 3.68. The maximum atomic E-state index is 13.0.